The van der Waals surface area contributed by atoms with Crippen LogP contribution in [0.5, 0.6) is 0 Å². The number of hydrogen-bond donors (Lipinski definition) is 3. The molecule has 2 saturated carbocycles. The van der Waals surface area contributed by atoms with Crippen molar-refractivity contribution in [2.45, 2.75) is 56.2 Å². The van der Waals surface area contributed by atoms with Crippen LogP contribution in [0.1, 0.15) is 38.5 Å². The zero-order valence-corrected chi connectivity index (χ0v) is 8.13. The first-order valence-corrected chi connectivity index (χ1v) is 5.39. The number of rotatable bonds is 3. The van der Waals surface area contributed by atoms with E-state index in [1.807, 2.05) is 0 Å². The topological polar surface area (TPSA) is 58.3 Å². The number of nitrogens with one attached hydrogen (secondary N) is 1. The number of nitrogens with two attached hydrogens (primary N) is 1. The van der Waals surface area contributed by atoms with E-state index >= 15 is 0 Å². The van der Waals surface area contributed by atoms with Crippen LogP contribution >= 0.6 is 0 Å². The fourth-order valence-electron chi connectivity index (χ4n) is 2.30. The molecule has 2 atom stereocenters. The molecular formula is C10H20N2O. The predicted molar refractivity (Wildman–Crippen MR) is 52.4 cm³/mol. The van der Waals surface area contributed by atoms with Crippen LogP contribution in [0.25, 0.3) is 0 Å². The molecule has 2 rings (SSSR count). The Labute approximate surface area is 79.7 Å². The maximum absolute atomic E-state index is 9.84. The highest BCUT2D eigenvalue weighted by Gasteiger charge is 2.35. The third kappa shape index (κ3) is 2.22. The molecule has 0 saturated heterocycles. The van der Waals surface area contributed by atoms with Crippen LogP contribution in [0, 0.1) is 0 Å². The molecule has 2 aliphatic rings. The third-order valence-electron chi connectivity index (χ3n) is 3.48. The van der Waals surface area contributed by atoms with Crippen molar-refractivity contribution in [3.8, 4) is 0 Å². The van der Waals surface area contributed by atoms with E-state index in [0.717, 1.165) is 32.2 Å². The van der Waals surface area contributed by atoms with E-state index in [4.69, 9.17) is 5.73 Å². The summed E-state index contributed by atoms with van der Waals surface area (Å²) >= 11 is 0. The summed E-state index contributed by atoms with van der Waals surface area (Å²) in [5.41, 5.74) is 5.43. The van der Waals surface area contributed by atoms with Gasteiger partial charge >= 0.3 is 0 Å². The third-order valence-corrected chi connectivity index (χ3v) is 3.48. The van der Waals surface area contributed by atoms with Crippen molar-refractivity contribution in [2.24, 2.45) is 5.73 Å². The Kier molecular flexibility index (Phi) is 2.58. The number of aliphatic hydroxyl groups is 1. The zero-order valence-electron chi connectivity index (χ0n) is 8.13. The summed E-state index contributed by atoms with van der Waals surface area (Å²) in [6.45, 7) is 0.768. The van der Waals surface area contributed by atoms with Gasteiger partial charge in [-0.2, -0.15) is 0 Å². The Balaban J connectivity index is 1.67. The zero-order chi connectivity index (χ0) is 9.31. The SMILES string of the molecule is NC1CCC(NCC2(O)CCC2)C1. The molecule has 2 fully saturated rings. The lowest BCUT2D eigenvalue weighted by Crippen LogP contribution is -2.48. The number of hydrogen-bond acceptors (Lipinski definition) is 3. The van der Waals surface area contributed by atoms with E-state index < -0.39 is 0 Å². The van der Waals surface area contributed by atoms with Crippen LogP contribution in [-0.2, 0) is 0 Å². The summed E-state index contributed by atoms with van der Waals surface area (Å²) < 4.78 is 0. The van der Waals surface area contributed by atoms with E-state index in [-0.39, 0.29) is 5.60 Å². The van der Waals surface area contributed by atoms with Crippen molar-refractivity contribution in [1.29, 1.82) is 0 Å². The molecule has 3 heteroatoms. The highest BCUT2D eigenvalue weighted by molar-refractivity contribution is 4.92. The quantitative estimate of drug-likeness (QED) is 0.594. The van der Waals surface area contributed by atoms with Gasteiger partial charge in [0.15, 0.2) is 0 Å². The van der Waals surface area contributed by atoms with Crippen LogP contribution in [0.3, 0.4) is 0 Å². The fourth-order valence-corrected chi connectivity index (χ4v) is 2.30. The minimum Gasteiger partial charge on any atom is -0.389 e. The van der Waals surface area contributed by atoms with Crippen LogP contribution in [0.2, 0.25) is 0 Å². The van der Waals surface area contributed by atoms with Gasteiger partial charge in [0, 0.05) is 18.6 Å². The van der Waals surface area contributed by atoms with Crippen LogP contribution < -0.4 is 11.1 Å². The first kappa shape index (κ1) is 9.44. The van der Waals surface area contributed by atoms with Crippen LogP contribution in [-0.4, -0.2) is 29.3 Å². The molecule has 0 aromatic rings. The second kappa shape index (κ2) is 3.56. The average Bonchev–Trinajstić information content (AvgIpc) is 2.44. The molecule has 0 aromatic carbocycles. The molecule has 0 heterocycles. The van der Waals surface area contributed by atoms with Crippen molar-refractivity contribution >= 4 is 0 Å². The molecule has 2 unspecified atom stereocenters. The summed E-state index contributed by atoms with van der Waals surface area (Å²) in [7, 11) is 0. The molecule has 0 radical (unpaired) electrons. The molecule has 0 spiro atoms. The van der Waals surface area contributed by atoms with Gasteiger partial charge in [0.1, 0.15) is 0 Å². The fraction of sp³-hybridized carbons (Fsp3) is 1.00. The van der Waals surface area contributed by atoms with E-state index in [0.29, 0.717) is 12.1 Å². The monoisotopic (exact) mass is 184 g/mol. The van der Waals surface area contributed by atoms with E-state index in [2.05, 4.69) is 5.32 Å². The Morgan fingerprint density at radius 2 is 2.15 bits per heavy atom. The minimum atomic E-state index is -0.382. The van der Waals surface area contributed by atoms with Gasteiger partial charge in [-0.1, -0.05) is 0 Å². The lowest BCUT2D eigenvalue weighted by molar-refractivity contribution is -0.0331. The van der Waals surface area contributed by atoms with Crippen LogP contribution in [0.15, 0.2) is 0 Å². The predicted octanol–water partition coefficient (Wildman–Crippen LogP) is 0.371. The Hall–Kier alpha value is -0.120. The molecule has 3 nitrogen and oxygen atoms in total. The first-order valence-electron chi connectivity index (χ1n) is 5.39. The van der Waals surface area contributed by atoms with Gasteiger partial charge in [0.2, 0.25) is 0 Å². The molecule has 0 aromatic heterocycles. The van der Waals surface area contributed by atoms with Gasteiger partial charge in [0.25, 0.3) is 0 Å². The normalized spacial score (nSPS) is 37.4. The highest BCUT2D eigenvalue weighted by Crippen LogP contribution is 2.31. The van der Waals surface area contributed by atoms with Gasteiger partial charge in [-0.15, -0.1) is 0 Å². The van der Waals surface area contributed by atoms with Gasteiger partial charge in [-0.25, -0.2) is 0 Å². The summed E-state index contributed by atoms with van der Waals surface area (Å²) in [4.78, 5) is 0. The molecule has 0 amide bonds. The lowest BCUT2D eigenvalue weighted by Gasteiger charge is -2.37. The summed E-state index contributed by atoms with van der Waals surface area (Å²) in [5, 5.41) is 13.3. The van der Waals surface area contributed by atoms with Gasteiger partial charge < -0.3 is 16.2 Å². The second-order valence-corrected chi connectivity index (χ2v) is 4.73. The second-order valence-electron chi connectivity index (χ2n) is 4.73. The van der Waals surface area contributed by atoms with Crippen molar-refractivity contribution in [3.63, 3.8) is 0 Å². The van der Waals surface area contributed by atoms with E-state index in [1.165, 1.54) is 12.8 Å². The summed E-state index contributed by atoms with van der Waals surface area (Å²) in [6, 6.07) is 0.938. The maximum Gasteiger partial charge on any atom is 0.0771 e. The van der Waals surface area contributed by atoms with Crippen molar-refractivity contribution in [2.75, 3.05) is 6.54 Å². The molecule has 0 aliphatic heterocycles. The van der Waals surface area contributed by atoms with Crippen molar-refractivity contribution in [1.82, 2.24) is 5.32 Å². The molecule has 13 heavy (non-hydrogen) atoms. The summed E-state index contributed by atoms with van der Waals surface area (Å²) in [5.74, 6) is 0. The van der Waals surface area contributed by atoms with E-state index in [9.17, 15) is 5.11 Å². The lowest BCUT2D eigenvalue weighted by atomic mass is 9.80. The minimum absolute atomic E-state index is 0.382. The van der Waals surface area contributed by atoms with Crippen LogP contribution in [0.4, 0.5) is 0 Å². The largest absolute Gasteiger partial charge is 0.389 e. The highest BCUT2D eigenvalue weighted by atomic mass is 16.3. The smallest absolute Gasteiger partial charge is 0.0771 e. The Morgan fingerprint density at radius 1 is 1.38 bits per heavy atom. The van der Waals surface area contributed by atoms with Gasteiger partial charge in [-0.3, -0.25) is 0 Å². The first-order chi connectivity index (χ1) is 6.18. The molecule has 2 aliphatic carbocycles. The standard InChI is InChI=1S/C10H20N2O/c11-8-2-3-9(6-8)12-7-10(13)4-1-5-10/h8-9,12-13H,1-7,11H2. The summed E-state index contributed by atoms with van der Waals surface area (Å²) in [6.07, 6.45) is 6.52. The molecule has 4 N–H and O–H groups in total. The Bertz CT molecular complexity index is 180. The van der Waals surface area contributed by atoms with Crippen molar-refractivity contribution < 1.29 is 5.11 Å². The van der Waals surface area contributed by atoms with Gasteiger partial charge in [0.05, 0.1) is 5.60 Å². The average molecular weight is 184 g/mol. The molecular weight excluding hydrogens is 164 g/mol. The van der Waals surface area contributed by atoms with Crippen molar-refractivity contribution in [3.05, 3.63) is 0 Å². The van der Waals surface area contributed by atoms with Gasteiger partial charge in [-0.05, 0) is 38.5 Å². The van der Waals surface area contributed by atoms with E-state index in [1.54, 1.807) is 0 Å². The molecule has 0 bridgehead atoms. The Morgan fingerprint density at radius 3 is 2.62 bits per heavy atom. The maximum atomic E-state index is 9.84. The molecule has 76 valence electrons.